The topological polar surface area (TPSA) is 29.3 Å². The Morgan fingerprint density at radius 3 is 1.67 bits per heavy atom. The molecule has 2 N–H and O–H groups in total. The minimum Gasteiger partial charge on any atom is -0.329 e. The molecule has 1 saturated carbocycles. The third kappa shape index (κ3) is 5.25. The summed E-state index contributed by atoms with van der Waals surface area (Å²) in [6.45, 7) is 5.87. The van der Waals surface area contributed by atoms with Crippen molar-refractivity contribution in [3.8, 4) is 0 Å². The molecule has 2 heteroatoms. The molecule has 1 saturated heterocycles. The molecule has 1 aliphatic carbocycles. The molecule has 1 heterocycles. The molecule has 2 fully saturated rings. The van der Waals surface area contributed by atoms with Gasteiger partial charge >= 0.3 is 0 Å². The van der Waals surface area contributed by atoms with Crippen LogP contribution in [0.2, 0.25) is 0 Å². The van der Waals surface area contributed by atoms with E-state index < -0.39 is 0 Å². The predicted molar refractivity (Wildman–Crippen MR) is 92.5 cm³/mol. The van der Waals surface area contributed by atoms with Gasteiger partial charge in [0.05, 0.1) is 0 Å². The fourth-order valence-corrected chi connectivity index (χ4v) is 4.40. The van der Waals surface area contributed by atoms with Gasteiger partial charge in [-0.05, 0) is 44.7 Å². The molecule has 0 atom stereocenters. The van der Waals surface area contributed by atoms with Gasteiger partial charge in [-0.25, -0.2) is 0 Å². The molecule has 2 nitrogen and oxygen atoms in total. The van der Waals surface area contributed by atoms with Crippen LogP contribution in [-0.4, -0.2) is 30.1 Å². The van der Waals surface area contributed by atoms with Crippen molar-refractivity contribution in [1.29, 1.82) is 0 Å². The summed E-state index contributed by atoms with van der Waals surface area (Å²) in [5.41, 5.74) is 6.68. The number of likely N-dealkylation sites (tertiary alicyclic amines) is 1. The van der Waals surface area contributed by atoms with Gasteiger partial charge in [-0.1, -0.05) is 64.7 Å². The molecule has 0 spiro atoms. The Bertz CT molecular complexity index is 257. The number of nitrogens with zero attached hydrogens (tertiary/aromatic N) is 1. The van der Waals surface area contributed by atoms with Crippen molar-refractivity contribution in [1.82, 2.24) is 4.90 Å². The first-order valence-electron chi connectivity index (χ1n) is 9.72. The molecule has 0 radical (unpaired) electrons. The largest absolute Gasteiger partial charge is 0.329 e. The highest BCUT2D eigenvalue weighted by Crippen LogP contribution is 2.33. The zero-order valence-electron chi connectivity index (χ0n) is 14.4. The van der Waals surface area contributed by atoms with Gasteiger partial charge in [-0.3, -0.25) is 4.90 Å². The number of piperidine rings is 1. The van der Waals surface area contributed by atoms with Gasteiger partial charge in [-0.2, -0.15) is 0 Å². The van der Waals surface area contributed by atoms with E-state index >= 15 is 0 Å². The Labute approximate surface area is 132 Å². The number of nitrogens with two attached hydrogens (primary N) is 1. The Kier molecular flexibility index (Phi) is 7.53. The van der Waals surface area contributed by atoms with Gasteiger partial charge in [0.1, 0.15) is 0 Å². The van der Waals surface area contributed by atoms with Gasteiger partial charge in [0.25, 0.3) is 0 Å². The molecular formula is C19H38N2. The minimum atomic E-state index is 0.333. The highest BCUT2D eigenvalue weighted by atomic mass is 15.2. The highest BCUT2D eigenvalue weighted by molar-refractivity contribution is 4.93. The Hall–Kier alpha value is -0.0800. The summed E-state index contributed by atoms with van der Waals surface area (Å²) < 4.78 is 0. The van der Waals surface area contributed by atoms with Crippen molar-refractivity contribution in [2.75, 3.05) is 19.6 Å². The van der Waals surface area contributed by atoms with Crippen LogP contribution in [0.5, 0.6) is 0 Å². The van der Waals surface area contributed by atoms with Crippen molar-refractivity contribution in [2.45, 2.75) is 95.9 Å². The van der Waals surface area contributed by atoms with Crippen molar-refractivity contribution < 1.29 is 0 Å². The van der Waals surface area contributed by atoms with E-state index in [2.05, 4.69) is 11.8 Å². The average Bonchev–Trinajstić information content (AvgIpc) is 2.49. The summed E-state index contributed by atoms with van der Waals surface area (Å²) in [6, 6.07) is 0. The van der Waals surface area contributed by atoms with E-state index in [0.29, 0.717) is 5.54 Å². The van der Waals surface area contributed by atoms with Crippen LogP contribution >= 0.6 is 0 Å². The summed E-state index contributed by atoms with van der Waals surface area (Å²) in [5, 5.41) is 0. The molecule has 2 aliphatic rings. The zero-order valence-corrected chi connectivity index (χ0v) is 14.4. The second-order valence-corrected chi connectivity index (χ2v) is 7.78. The average molecular weight is 295 g/mol. The molecule has 0 aromatic heterocycles. The Balaban J connectivity index is 1.96. The van der Waals surface area contributed by atoms with Crippen LogP contribution in [0, 0.1) is 5.92 Å². The Morgan fingerprint density at radius 2 is 1.24 bits per heavy atom. The number of hydrogen-bond donors (Lipinski definition) is 1. The number of hydrogen-bond acceptors (Lipinski definition) is 2. The predicted octanol–water partition coefficient (Wildman–Crippen LogP) is 4.72. The lowest BCUT2D eigenvalue weighted by Gasteiger charge is -2.47. The minimum absolute atomic E-state index is 0.333. The summed E-state index contributed by atoms with van der Waals surface area (Å²) in [5.74, 6) is 0.919. The quantitative estimate of drug-likeness (QED) is 0.798. The first-order valence-corrected chi connectivity index (χ1v) is 9.72. The number of rotatable bonds is 2. The second kappa shape index (κ2) is 9.15. The van der Waals surface area contributed by atoms with Crippen molar-refractivity contribution in [2.24, 2.45) is 11.7 Å². The molecule has 124 valence electrons. The third-order valence-corrected chi connectivity index (χ3v) is 6.12. The lowest BCUT2D eigenvalue weighted by atomic mass is 9.82. The summed E-state index contributed by atoms with van der Waals surface area (Å²) in [4.78, 5) is 2.79. The normalized spacial score (nSPS) is 27.7. The van der Waals surface area contributed by atoms with Crippen molar-refractivity contribution >= 4 is 0 Å². The highest BCUT2D eigenvalue weighted by Gasteiger charge is 2.36. The summed E-state index contributed by atoms with van der Waals surface area (Å²) >= 11 is 0. The molecule has 0 bridgehead atoms. The zero-order chi connectivity index (χ0) is 15.0. The monoisotopic (exact) mass is 294 g/mol. The van der Waals surface area contributed by atoms with Gasteiger partial charge < -0.3 is 5.73 Å². The van der Waals surface area contributed by atoms with E-state index in [0.717, 1.165) is 12.5 Å². The second-order valence-electron chi connectivity index (χ2n) is 7.78. The first-order chi connectivity index (χ1) is 10.3. The maximum Gasteiger partial charge on any atom is 0.0331 e. The van der Waals surface area contributed by atoms with Crippen molar-refractivity contribution in [3.63, 3.8) is 0 Å². The van der Waals surface area contributed by atoms with Gasteiger partial charge in [-0.15, -0.1) is 0 Å². The molecule has 0 aromatic carbocycles. The SMILES string of the molecule is CC1CCN(C2(CN)CCCCCCCCCCC2)CC1. The lowest BCUT2D eigenvalue weighted by Crippen LogP contribution is -2.56. The standard InChI is InChI=1S/C19H38N2/c1-18-11-15-21(16-12-18)19(17-20)13-9-7-5-3-2-4-6-8-10-14-19/h18H,2-17,20H2,1H3. The lowest BCUT2D eigenvalue weighted by molar-refractivity contribution is 0.0395. The van der Waals surface area contributed by atoms with Crippen LogP contribution < -0.4 is 5.73 Å². The van der Waals surface area contributed by atoms with E-state index in [1.807, 2.05) is 0 Å². The maximum atomic E-state index is 6.34. The van der Waals surface area contributed by atoms with E-state index in [9.17, 15) is 0 Å². The molecule has 0 aromatic rings. The molecule has 1 aliphatic heterocycles. The molecular weight excluding hydrogens is 256 g/mol. The molecule has 2 rings (SSSR count). The van der Waals surface area contributed by atoms with E-state index in [-0.39, 0.29) is 0 Å². The van der Waals surface area contributed by atoms with Crippen LogP contribution in [0.3, 0.4) is 0 Å². The van der Waals surface area contributed by atoms with Crippen LogP contribution in [0.1, 0.15) is 90.4 Å². The summed E-state index contributed by atoms with van der Waals surface area (Å²) in [6.07, 6.45) is 18.3. The fourth-order valence-electron chi connectivity index (χ4n) is 4.40. The Morgan fingerprint density at radius 1 is 0.810 bits per heavy atom. The van der Waals surface area contributed by atoms with E-state index in [1.54, 1.807) is 0 Å². The van der Waals surface area contributed by atoms with E-state index in [1.165, 1.54) is 96.6 Å². The fraction of sp³-hybridized carbons (Fsp3) is 1.00. The molecule has 21 heavy (non-hydrogen) atoms. The first kappa shape index (κ1) is 17.3. The van der Waals surface area contributed by atoms with Crippen LogP contribution in [-0.2, 0) is 0 Å². The van der Waals surface area contributed by atoms with Crippen molar-refractivity contribution in [3.05, 3.63) is 0 Å². The van der Waals surface area contributed by atoms with Crippen LogP contribution in [0.15, 0.2) is 0 Å². The van der Waals surface area contributed by atoms with Crippen LogP contribution in [0.25, 0.3) is 0 Å². The van der Waals surface area contributed by atoms with Gasteiger partial charge in [0.2, 0.25) is 0 Å². The maximum absolute atomic E-state index is 6.34. The molecule has 0 unspecified atom stereocenters. The smallest absolute Gasteiger partial charge is 0.0331 e. The molecule has 0 amide bonds. The van der Waals surface area contributed by atoms with Gasteiger partial charge in [0.15, 0.2) is 0 Å². The van der Waals surface area contributed by atoms with Gasteiger partial charge in [0, 0.05) is 12.1 Å². The van der Waals surface area contributed by atoms with Crippen LogP contribution in [0.4, 0.5) is 0 Å². The van der Waals surface area contributed by atoms with E-state index in [4.69, 9.17) is 5.73 Å². The third-order valence-electron chi connectivity index (χ3n) is 6.12. The summed E-state index contributed by atoms with van der Waals surface area (Å²) in [7, 11) is 0.